The summed E-state index contributed by atoms with van der Waals surface area (Å²) < 4.78 is 26.8. The molecule has 0 aliphatic heterocycles. The molecule has 1 aliphatic carbocycles. The lowest BCUT2D eigenvalue weighted by molar-refractivity contribution is 0.0959. The number of carbonyl (C=O) groups excluding carboxylic acids is 1. The van der Waals surface area contributed by atoms with Crippen molar-refractivity contribution in [2.45, 2.75) is 12.8 Å². The van der Waals surface area contributed by atoms with E-state index in [1.54, 1.807) is 0 Å². The van der Waals surface area contributed by atoms with E-state index in [0.29, 0.717) is 4.47 Å². The first-order valence-electron chi connectivity index (χ1n) is 4.28. The van der Waals surface area contributed by atoms with E-state index in [0.717, 1.165) is 25.0 Å². The highest BCUT2D eigenvalue weighted by atomic mass is 79.9. The van der Waals surface area contributed by atoms with Crippen LogP contribution in [0.25, 0.3) is 0 Å². The summed E-state index contributed by atoms with van der Waals surface area (Å²) in [6.07, 6.45) is 1.49. The molecule has 0 spiro atoms. The summed E-state index contributed by atoms with van der Waals surface area (Å²) >= 11 is 2.96. The predicted molar refractivity (Wildman–Crippen MR) is 51.1 cm³/mol. The standard InChI is InChI=1S/C10H7BrF2O/c11-6-3-7(12)9(8(13)4-6)10(14)5-1-2-5/h3-5H,1-2H2. The molecular formula is C10H7BrF2O. The Bertz CT molecular complexity index is 376. The number of rotatable bonds is 2. The Balaban J connectivity index is 2.45. The molecule has 0 bridgehead atoms. The van der Waals surface area contributed by atoms with Gasteiger partial charge in [0.05, 0.1) is 5.56 Å². The molecule has 1 saturated carbocycles. The first kappa shape index (κ1) is 9.77. The largest absolute Gasteiger partial charge is 0.294 e. The van der Waals surface area contributed by atoms with Crippen LogP contribution in [-0.4, -0.2) is 5.78 Å². The zero-order valence-electron chi connectivity index (χ0n) is 7.19. The van der Waals surface area contributed by atoms with Crippen molar-refractivity contribution in [3.05, 3.63) is 33.8 Å². The minimum Gasteiger partial charge on any atom is -0.294 e. The van der Waals surface area contributed by atoms with E-state index < -0.39 is 23.0 Å². The van der Waals surface area contributed by atoms with Crippen molar-refractivity contribution in [1.82, 2.24) is 0 Å². The molecule has 0 atom stereocenters. The fraction of sp³-hybridized carbons (Fsp3) is 0.300. The molecule has 0 N–H and O–H groups in total. The van der Waals surface area contributed by atoms with Gasteiger partial charge >= 0.3 is 0 Å². The molecule has 0 amide bonds. The normalized spacial score (nSPS) is 15.6. The highest BCUT2D eigenvalue weighted by molar-refractivity contribution is 9.10. The molecular weight excluding hydrogens is 254 g/mol. The topological polar surface area (TPSA) is 17.1 Å². The predicted octanol–water partition coefficient (Wildman–Crippen LogP) is 3.32. The lowest BCUT2D eigenvalue weighted by atomic mass is 10.1. The number of ketones is 1. The van der Waals surface area contributed by atoms with Crippen molar-refractivity contribution < 1.29 is 13.6 Å². The Morgan fingerprint density at radius 2 is 1.79 bits per heavy atom. The van der Waals surface area contributed by atoms with Gasteiger partial charge in [0.1, 0.15) is 11.6 Å². The van der Waals surface area contributed by atoms with Gasteiger partial charge in [-0.15, -0.1) is 0 Å². The van der Waals surface area contributed by atoms with Crippen LogP contribution in [-0.2, 0) is 0 Å². The van der Waals surface area contributed by atoms with Gasteiger partial charge in [0.2, 0.25) is 0 Å². The van der Waals surface area contributed by atoms with Crippen LogP contribution < -0.4 is 0 Å². The Hall–Kier alpha value is -0.770. The van der Waals surface area contributed by atoms with E-state index in [2.05, 4.69) is 15.9 Å². The molecule has 0 heterocycles. The summed E-state index contributed by atoms with van der Waals surface area (Å²) in [6.45, 7) is 0. The number of benzene rings is 1. The molecule has 0 aromatic heterocycles. The van der Waals surface area contributed by atoms with Gasteiger partial charge in [-0.25, -0.2) is 8.78 Å². The van der Waals surface area contributed by atoms with Crippen molar-refractivity contribution in [2.24, 2.45) is 5.92 Å². The summed E-state index contributed by atoms with van der Waals surface area (Å²) in [6, 6.07) is 2.22. The first-order valence-corrected chi connectivity index (χ1v) is 5.07. The summed E-state index contributed by atoms with van der Waals surface area (Å²) in [4.78, 5) is 11.5. The maximum absolute atomic E-state index is 13.3. The Kier molecular flexibility index (Phi) is 2.39. The number of hydrogen-bond donors (Lipinski definition) is 0. The smallest absolute Gasteiger partial charge is 0.171 e. The molecule has 1 nitrogen and oxygen atoms in total. The second-order valence-corrected chi connectivity index (χ2v) is 4.30. The molecule has 0 saturated heterocycles. The zero-order valence-corrected chi connectivity index (χ0v) is 8.77. The van der Waals surface area contributed by atoms with E-state index in [1.807, 2.05) is 0 Å². The van der Waals surface area contributed by atoms with E-state index in [9.17, 15) is 13.6 Å². The van der Waals surface area contributed by atoms with E-state index >= 15 is 0 Å². The summed E-state index contributed by atoms with van der Waals surface area (Å²) in [5.41, 5.74) is -0.393. The molecule has 0 unspecified atom stereocenters. The van der Waals surface area contributed by atoms with Gasteiger partial charge in [-0.05, 0) is 25.0 Å². The highest BCUT2D eigenvalue weighted by Gasteiger charge is 2.33. The van der Waals surface area contributed by atoms with Crippen molar-refractivity contribution in [1.29, 1.82) is 0 Å². The number of hydrogen-bond acceptors (Lipinski definition) is 1. The van der Waals surface area contributed by atoms with Crippen LogP contribution in [0, 0.1) is 17.6 Å². The molecule has 1 aliphatic rings. The fourth-order valence-electron chi connectivity index (χ4n) is 1.33. The van der Waals surface area contributed by atoms with Crippen LogP contribution in [0.2, 0.25) is 0 Å². The van der Waals surface area contributed by atoms with E-state index in [4.69, 9.17) is 0 Å². The average Bonchev–Trinajstić information content (AvgIpc) is 2.83. The fourth-order valence-corrected chi connectivity index (χ4v) is 1.73. The number of halogens is 3. The Morgan fingerprint density at radius 3 is 2.21 bits per heavy atom. The average molecular weight is 261 g/mol. The van der Waals surface area contributed by atoms with Gasteiger partial charge in [0, 0.05) is 10.4 Å². The van der Waals surface area contributed by atoms with Crippen LogP contribution in [0.5, 0.6) is 0 Å². The zero-order chi connectivity index (χ0) is 10.3. The molecule has 1 aromatic rings. The van der Waals surface area contributed by atoms with Gasteiger partial charge in [-0.2, -0.15) is 0 Å². The molecule has 1 aromatic carbocycles. The quantitative estimate of drug-likeness (QED) is 0.746. The molecule has 0 radical (unpaired) electrons. The second-order valence-electron chi connectivity index (χ2n) is 3.38. The lowest BCUT2D eigenvalue weighted by Crippen LogP contribution is -2.07. The Morgan fingerprint density at radius 1 is 1.29 bits per heavy atom. The van der Waals surface area contributed by atoms with Gasteiger partial charge in [0.25, 0.3) is 0 Å². The second kappa shape index (κ2) is 3.42. The van der Waals surface area contributed by atoms with Crippen LogP contribution >= 0.6 is 15.9 Å². The summed E-state index contributed by atoms with van der Waals surface area (Å²) in [5, 5.41) is 0. The van der Waals surface area contributed by atoms with E-state index in [-0.39, 0.29) is 5.92 Å². The van der Waals surface area contributed by atoms with E-state index in [1.165, 1.54) is 0 Å². The van der Waals surface area contributed by atoms with Crippen LogP contribution in [0.15, 0.2) is 16.6 Å². The molecule has 4 heteroatoms. The van der Waals surface area contributed by atoms with Gasteiger partial charge in [0.15, 0.2) is 5.78 Å². The third-order valence-corrected chi connectivity index (χ3v) is 2.66. The SMILES string of the molecule is O=C(c1c(F)cc(Br)cc1F)C1CC1. The van der Waals surface area contributed by atoms with Crippen molar-refractivity contribution in [3.8, 4) is 0 Å². The van der Waals surface area contributed by atoms with Crippen molar-refractivity contribution in [2.75, 3.05) is 0 Å². The molecule has 1 fully saturated rings. The Labute approximate surface area is 88.2 Å². The first-order chi connectivity index (χ1) is 6.59. The maximum atomic E-state index is 13.3. The lowest BCUT2D eigenvalue weighted by Gasteiger charge is -2.03. The molecule has 74 valence electrons. The van der Waals surface area contributed by atoms with Gasteiger partial charge < -0.3 is 0 Å². The van der Waals surface area contributed by atoms with Crippen LogP contribution in [0.3, 0.4) is 0 Å². The minimum absolute atomic E-state index is 0.167. The van der Waals surface area contributed by atoms with Crippen molar-refractivity contribution in [3.63, 3.8) is 0 Å². The highest BCUT2D eigenvalue weighted by Crippen LogP contribution is 2.34. The summed E-state index contributed by atoms with van der Waals surface area (Å²) in [7, 11) is 0. The van der Waals surface area contributed by atoms with Crippen LogP contribution in [0.1, 0.15) is 23.2 Å². The minimum atomic E-state index is -0.784. The number of carbonyl (C=O) groups is 1. The third kappa shape index (κ3) is 1.71. The van der Waals surface area contributed by atoms with Gasteiger partial charge in [-0.1, -0.05) is 15.9 Å². The maximum Gasteiger partial charge on any atom is 0.171 e. The van der Waals surface area contributed by atoms with Crippen molar-refractivity contribution >= 4 is 21.7 Å². The molecule has 14 heavy (non-hydrogen) atoms. The third-order valence-electron chi connectivity index (χ3n) is 2.20. The summed E-state index contributed by atoms with van der Waals surface area (Å²) in [5.74, 6) is -2.14. The van der Waals surface area contributed by atoms with Crippen LogP contribution in [0.4, 0.5) is 8.78 Å². The monoisotopic (exact) mass is 260 g/mol. The number of Topliss-reactive ketones (excluding diaryl/α,β-unsaturated/α-hetero) is 1. The molecule has 2 rings (SSSR count). The van der Waals surface area contributed by atoms with Gasteiger partial charge in [-0.3, -0.25) is 4.79 Å².